The van der Waals surface area contributed by atoms with Crippen LogP contribution >= 0.6 is 23.2 Å². The van der Waals surface area contributed by atoms with Crippen LogP contribution in [-0.2, 0) is 6.42 Å². The van der Waals surface area contributed by atoms with Crippen molar-refractivity contribution >= 4 is 35.1 Å². The number of carbonyl (C=O) groups is 1. The average Bonchev–Trinajstić information content (AvgIpc) is 2.60. The maximum absolute atomic E-state index is 12.4. The van der Waals surface area contributed by atoms with Gasteiger partial charge in [-0.3, -0.25) is 4.79 Å². The number of hydrogen-bond acceptors (Lipinski definition) is 4. The molecule has 0 unspecified atom stereocenters. The van der Waals surface area contributed by atoms with Crippen LogP contribution < -0.4 is 10.6 Å². The number of carbonyl (C=O) groups excluding carboxylic acids is 1. The second-order valence-electron chi connectivity index (χ2n) is 6.09. The zero-order chi connectivity index (χ0) is 18.9. The molecule has 0 aliphatic carbocycles. The van der Waals surface area contributed by atoms with E-state index in [0.717, 1.165) is 37.1 Å². The van der Waals surface area contributed by atoms with Gasteiger partial charge in [-0.25, -0.2) is 9.97 Å². The van der Waals surface area contributed by atoms with Gasteiger partial charge < -0.3 is 10.6 Å². The van der Waals surface area contributed by atoms with Crippen LogP contribution in [-0.4, -0.2) is 29.0 Å². The summed E-state index contributed by atoms with van der Waals surface area (Å²) >= 11 is 12.0. The number of benzene rings is 1. The molecule has 0 aliphatic rings. The molecule has 1 aromatic carbocycles. The number of unbranched alkanes of at least 4 members (excludes halogenated alkanes) is 2. The van der Waals surface area contributed by atoms with Crippen molar-refractivity contribution < 1.29 is 4.79 Å². The molecule has 2 aromatic rings. The molecule has 0 aliphatic heterocycles. The summed E-state index contributed by atoms with van der Waals surface area (Å²) in [4.78, 5) is 21.0. The smallest absolute Gasteiger partial charge is 0.270 e. The molecular weight excluding hydrogens is 371 g/mol. The quantitative estimate of drug-likeness (QED) is 0.606. The molecular formula is C19H24Cl2N4O. The van der Waals surface area contributed by atoms with Crippen molar-refractivity contribution in [1.82, 2.24) is 15.3 Å². The predicted octanol–water partition coefficient (Wildman–Crippen LogP) is 4.67. The van der Waals surface area contributed by atoms with Gasteiger partial charge in [-0.05, 0) is 43.5 Å². The van der Waals surface area contributed by atoms with Gasteiger partial charge in [-0.2, -0.15) is 0 Å². The third kappa shape index (κ3) is 6.46. The second-order valence-corrected chi connectivity index (χ2v) is 6.94. The molecule has 5 nitrogen and oxygen atoms in total. The first-order chi connectivity index (χ1) is 12.5. The lowest BCUT2D eigenvalue weighted by molar-refractivity contribution is 0.0949. The first-order valence-electron chi connectivity index (χ1n) is 8.81. The fourth-order valence-electron chi connectivity index (χ4n) is 2.46. The lowest BCUT2D eigenvalue weighted by atomic mass is 10.1. The normalized spacial score (nSPS) is 10.6. The van der Waals surface area contributed by atoms with Crippen molar-refractivity contribution in [2.45, 2.75) is 39.5 Å². The van der Waals surface area contributed by atoms with E-state index in [4.69, 9.17) is 23.2 Å². The number of aryl methyl sites for hydroxylation is 1. The van der Waals surface area contributed by atoms with Gasteiger partial charge in [0.25, 0.3) is 5.91 Å². The van der Waals surface area contributed by atoms with Gasteiger partial charge in [0.05, 0.1) is 0 Å². The van der Waals surface area contributed by atoms with Gasteiger partial charge >= 0.3 is 0 Å². The van der Waals surface area contributed by atoms with E-state index in [1.165, 1.54) is 0 Å². The molecule has 0 saturated heterocycles. The number of rotatable bonds is 9. The van der Waals surface area contributed by atoms with Crippen molar-refractivity contribution in [2.24, 2.45) is 0 Å². The Labute approximate surface area is 164 Å². The summed E-state index contributed by atoms with van der Waals surface area (Å²) in [6.45, 7) is 5.27. The van der Waals surface area contributed by atoms with Crippen molar-refractivity contribution in [3.8, 4) is 0 Å². The van der Waals surface area contributed by atoms with Gasteiger partial charge in [-0.15, -0.1) is 0 Å². The van der Waals surface area contributed by atoms with E-state index in [0.29, 0.717) is 34.7 Å². The van der Waals surface area contributed by atoms with Crippen molar-refractivity contribution in [3.05, 3.63) is 51.3 Å². The van der Waals surface area contributed by atoms with E-state index in [9.17, 15) is 4.79 Å². The van der Waals surface area contributed by atoms with E-state index in [1.807, 2.05) is 13.0 Å². The highest BCUT2D eigenvalue weighted by Crippen LogP contribution is 2.21. The maximum atomic E-state index is 12.4. The molecule has 140 valence electrons. The van der Waals surface area contributed by atoms with Crippen molar-refractivity contribution in [2.75, 3.05) is 18.4 Å². The Morgan fingerprint density at radius 1 is 1.12 bits per heavy atom. The number of nitrogens with one attached hydrogen (secondary N) is 2. The summed E-state index contributed by atoms with van der Waals surface area (Å²) < 4.78 is 0. The molecule has 0 atom stereocenters. The summed E-state index contributed by atoms with van der Waals surface area (Å²) in [5.74, 6) is 0.268. The minimum absolute atomic E-state index is 0.225. The molecule has 2 N–H and O–H groups in total. The Hall–Kier alpha value is -1.85. The Balaban J connectivity index is 1.90. The number of nitrogens with zero attached hydrogens (tertiary/aromatic N) is 2. The molecule has 7 heteroatoms. The number of anilines is 1. The van der Waals surface area contributed by atoms with Crippen LogP contribution in [0.4, 0.5) is 5.95 Å². The summed E-state index contributed by atoms with van der Waals surface area (Å²) in [5, 5.41) is 7.25. The molecule has 0 spiro atoms. The van der Waals surface area contributed by atoms with E-state index in [2.05, 4.69) is 27.5 Å². The third-order valence-corrected chi connectivity index (χ3v) is 4.43. The van der Waals surface area contributed by atoms with Crippen LogP contribution in [0.1, 0.15) is 47.9 Å². The number of aromatic nitrogens is 2. The Bertz CT molecular complexity index is 752. The monoisotopic (exact) mass is 394 g/mol. The number of hydrogen-bond donors (Lipinski definition) is 2. The molecule has 0 fully saturated rings. The molecule has 0 radical (unpaired) electrons. The molecule has 26 heavy (non-hydrogen) atoms. The lowest BCUT2D eigenvalue weighted by Crippen LogP contribution is -2.27. The Kier molecular flexibility index (Phi) is 8.13. The fraction of sp³-hybridized carbons (Fsp3) is 0.421. The first kappa shape index (κ1) is 20.5. The fourth-order valence-corrected chi connectivity index (χ4v) is 2.97. The maximum Gasteiger partial charge on any atom is 0.270 e. The largest absolute Gasteiger partial charge is 0.354 e. The summed E-state index contributed by atoms with van der Waals surface area (Å²) in [6, 6.07) is 7.03. The van der Waals surface area contributed by atoms with E-state index in [-0.39, 0.29) is 5.91 Å². The zero-order valence-corrected chi connectivity index (χ0v) is 16.6. The average molecular weight is 395 g/mol. The third-order valence-electron chi connectivity index (χ3n) is 3.85. The number of amides is 1. The van der Waals surface area contributed by atoms with Crippen LogP contribution in [0.25, 0.3) is 0 Å². The van der Waals surface area contributed by atoms with Gasteiger partial charge in [0.15, 0.2) is 0 Å². The van der Waals surface area contributed by atoms with Crippen LogP contribution in [0.3, 0.4) is 0 Å². The van der Waals surface area contributed by atoms with Crippen LogP contribution in [0.2, 0.25) is 10.0 Å². The predicted molar refractivity (Wildman–Crippen MR) is 107 cm³/mol. The molecule has 0 bridgehead atoms. The van der Waals surface area contributed by atoms with E-state index in [1.54, 1.807) is 18.2 Å². The SMILES string of the molecule is CCCCCNc1nc(C)cc(C(=O)NCCc2ccc(Cl)cc2Cl)n1. The summed E-state index contributed by atoms with van der Waals surface area (Å²) in [5.41, 5.74) is 2.05. The van der Waals surface area contributed by atoms with Crippen LogP contribution in [0, 0.1) is 6.92 Å². The second kappa shape index (κ2) is 10.3. The van der Waals surface area contributed by atoms with Crippen LogP contribution in [0.15, 0.2) is 24.3 Å². The van der Waals surface area contributed by atoms with Gasteiger partial charge in [0, 0.05) is 28.8 Å². The molecule has 0 saturated carbocycles. The lowest BCUT2D eigenvalue weighted by Gasteiger charge is -2.09. The highest BCUT2D eigenvalue weighted by molar-refractivity contribution is 6.35. The minimum atomic E-state index is -0.225. The minimum Gasteiger partial charge on any atom is -0.354 e. The van der Waals surface area contributed by atoms with Gasteiger partial charge in [0.2, 0.25) is 5.95 Å². The topological polar surface area (TPSA) is 66.9 Å². The van der Waals surface area contributed by atoms with E-state index >= 15 is 0 Å². The molecule has 1 amide bonds. The standard InChI is InChI=1S/C19H24Cl2N4O/c1-3-4-5-9-23-19-24-13(2)11-17(25-19)18(26)22-10-8-14-6-7-15(20)12-16(14)21/h6-7,11-12H,3-5,8-10H2,1-2H3,(H,22,26)(H,23,24,25). The molecule has 1 heterocycles. The molecule has 1 aromatic heterocycles. The number of halogens is 2. The van der Waals surface area contributed by atoms with Gasteiger partial charge in [0.1, 0.15) is 5.69 Å². The Morgan fingerprint density at radius 2 is 1.92 bits per heavy atom. The highest BCUT2D eigenvalue weighted by atomic mass is 35.5. The zero-order valence-electron chi connectivity index (χ0n) is 15.1. The van der Waals surface area contributed by atoms with E-state index < -0.39 is 0 Å². The summed E-state index contributed by atoms with van der Waals surface area (Å²) in [6.07, 6.45) is 3.98. The van der Waals surface area contributed by atoms with Crippen molar-refractivity contribution in [1.29, 1.82) is 0 Å². The highest BCUT2D eigenvalue weighted by Gasteiger charge is 2.10. The molecule has 2 rings (SSSR count). The van der Waals surface area contributed by atoms with Crippen LogP contribution in [0.5, 0.6) is 0 Å². The van der Waals surface area contributed by atoms with Gasteiger partial charge in [-0.1, -0.05) is 49.0 Å². The summed E-state index contributed by atoms with van der Waals surface area (Å²) in [7, 11) is 0. The Morgan fingerprint density at radius 3 is 2.65 bits per heavy atom. The first-order valence-corrected chi connectivity index (χ1v) is 9.57. The van der Waals surface area contributed by atoms with Crippen molar-refractivity contribution in [3.63, 3.8) is 0 Å².